The van der Waals surface area contributed by atoms with E-state index in [1.54, 1.807) is 0 Å². The van der Waals surface area contributed by atoms with Crippen LogP contribution in [0.1, 0.15) is 43.1 Å². The van der Waals surface area contributed by atoms with Gasteiger partial charge in [0.1, 0.15) is 5.82 Å². The zero-order chi connectivity index (χ0) is 11.7. The summed E-state index contributed by atoms with van der Waals surface area (Å²) in [7, 11) is 0. The summed E-state index contributed by atoms with van der Waals surface area (Å²) < 4.78 is 4.39. The van der Waals surface area contributed by atoms with Crippen LogP contribution in [0.15, 0.2) is 30.3 Å². The van der Waals surface area contributed by atoms with Gasteiger partial charge >= 0.3 is 0 Å². The molecule has 1 aliphatic carbocycles. The van der Waals surface area contributed by atoms with Crippen LogP contribution in [0.5, 0.6) is 0 Å². The quantitative estimate of drug-likeness (QED) is 0.894. The lowest BCUT2D eigenvalue weighted by atomic mass is 10.1. The Kier molecular flexibility index (Phi) is 2.81. The highest BCUT2D eigenvalue weighted by Crippen LogP contribution is 2.39. The highest BCUT2D eigenvalue weighted by atomic mass is 32.1. The molecule has 4 heteroatoms. The Bertz CT molecular complexity index is 490. The first-order valence-electron chi connectivity index (χ1n) is 5.98. The molecule has 2 aromatic rings. The first kappa shape index (κ1) is 10.7. The number of benzene rings is 1. The fourth-order valence-electron chi connectivity index (χ4n) is 1.81. The maximum absolute atomic E-state index is 4.53. The van der Waals surface area contributed by atoms with E-state index in [9.17, 15) is 0 Å². The topological polar surface area (TPSA) is 37.8 Å². The monoisotopic (exact) mass is 245 g/mol. The van der Waals surface area contributed by atoms with Crippen molar-refractivity contribution in [2.24, 2.45) is 0 Å². The van der Waals surface area contributed by atoms with E-state index in [4.69, 9.17) is 0 Å². The molecule has 17 heavy (non-hydrogen) atoms. The smallest absolute Gasteiger partial charge is 0.203 e. The van der Waals surface area contributed by atoms with Crippen LogP contribution in [0.4, 0.5) is 5.13 Å². The molecule has 1 aliphatic rings. The van der Waals surface area contributed by atoms with Gasteiger partial charge in [-0.2, -0.15) is 4.37 Å². The molecule has 0 spiro atoms. The summed E-state index contributed by atoms with van der Waals surface area (Å²) in [4.78, 5) is 4.53. The second-order valence-corrected chi connectivity index (χ2v) is 5.26. The number of rotatable bonds is 4. The molecule has 1 aromatic heterocycles. The number of hydrogen-bond acceptors (Lipinski definition) is 4. The van der Waals surface area contributed by atoms with Crippen LogP contribution in [0, 0.1) is 0 Å². The third kappa shape index (κ3) is 2.47. The zero-order valence-electron chi connectivity index (χ0n) is 9.76. The van der Waals surface area contributed by atoms with E-state index in [1.165, 1.54) is 29.9 Å². The van der Waals surface area contributed by atoms with Gasteiger partial charge in [-0.15, -0.1) is 0 Å². The summed E-state index contributed by atoms with van der Waals surface area (Å²) in [5, 5.41) is 4.34. The highest BCUT2D eigenvalue weighted by Gasteiger charge is 2.27. The predicted molar refractivity (Wildman–Crippen MR) is 70.4 cm³/mol. The minimum atomic E-state index is 0.274. The van der Waals surface area contributed by atoms with Gasteiger partial charge in [0.05, 0.1) is 6.04 Å². The summed E-state index contributed by atoms with van der Waals surface area (Å²) in [5.41, 5.74) is 1.27. The minimum absolute atomic E-state index is 0.274. The molecular weight excluding hydrogens is 230 g/mol. The van der Waals surface area contributed by atoms with Gasteiger partial charge in [0, 0.05) is 17.5 Å². The molecule has 1 fully saturated rings. The van der Waals surface area contributed by atoms with Gasteiger partial charge in [0.25, 0.3) is 0 Å². The lowest BCUT2D eigenvalue weighted by molar-refractivity contribution is 0.875. The Morgan fingerprint density at radius 1 is 1.29 bits per heavy atom. The van der Waals surface area contributed by atoms with Crippen LogP contribution >= 0.6 is 11.5 Å². The molecule has 0 saturated heterocycles. The molecular formula is C13H15N3S. The molecule has 88 valence electrons. The van der Waals surface area contributed by atoms with Crippen LogP contribution in [-0.4, -0.2) is 9.36 Å². The lowest BCUT2D eigenvalue weighted by Gasteiger charge is -2.12. The molecule has 0 aliphatic heterocycles. The van der Waals surface area contributed by atoms with Crippen molar-refractivity contribution in [1.82, 2.24) is 9.36 Å². The maximum Gasteiger partial charge on any atom is 0.203 e. The van der Waals surface area contributed by atoms with Crippen molar-refractivity contribution in [3.05, 3.63) is 41.7 Å². The maximum atomic E-state index is 4.53. The molecule has 0 bridgehead atoms. The van der Waals surface area contributed by atoms with Crippen LogP contribution in [0.2, 0.25) is 0 Å². The fraction of sp³-hybridized carbons (Fsp3) is 0.385. The van der Waals surface area contributed by atoms with E-state index in [-0.39, 0.29) is 6.04 Å². The lowest BCUT2D eigenvalue weighted by Crippen LogP contribution is -2.06. The average molecular weight is 245 g/mol. The highest BCUT2D eigenvalue weighted by molar-refractivity contribution is 7.09. The number of nitrogens with one attached hydrogen (secondary N) is 1. The van der Waals surface area contributed by atoms with Gasteiger partial charge in [-0.05, 0) is 25.3 Å². The van der Waals surface area contributed by atoms with Crippen molar-refractivity contribution in [1.29, 1.82) is 0 Å². The molecule has 0 amide bonds. The molecule has 1 saturated carbocycles. The van der Waals surface area contributed by atoms with E-state index in [2.05, 4.69) is 45.9 Å². The van der Waals surface area contributed by atoms with Crippen molar-refractivity contribution in [2.45, 2.75) is 31.7 Å². The second-order valence-electron chi connectivity index (χ2n) is 4.51. The number of anilines is 1. The van der Waals surface area contributed by atoms with Crippen molar-refractivity contribution in [2.75, 3.05) is 5.32 Å². The van der Waals surface area contributed by atoms with Crippen molar-refractivity contribution in [3.63, 3.8) is 0 Å². The number of hydrogen-bond donors (Lipinski definition) is 1. The van der Waals surface area contributed by atoms with Crippen LogP contribution in [0.25, 0.3) is 0 Å². The van der Waals surface area contributed by atoms with Gasteiger partial charge in [-0.25, -0.2) is 4.98 Å². The van der Waals surface area contributed by atoms with E-state index in [0.717, 1.165) is 11.0 Å². The third-order valence-electron chi connectivity index (χ3n) is 3.02. The van der Waals surface area contributed by atoms with Gasteiger partial charge in [-0.1, -0.05) is 30.3 Å². The Hall–Kier alpha value is -1.42. The van der Waals surface area contributed by atoms with Crippen LogP contribution in [0.3, 0.4) is 0 Å². The zero-order valence-corrected chi connectivity index (χ0v) is 10.6. The summed E-state index contributed by atoms with van der Waals surface area (Å²) in [6.07, 6.45) is 2.51. The molecule has 1 heterocycles. The predicted octanol–water partition coefficient (Wildman–Crippen LogP) is 3.59. The van der Waals surface area contributed by atoms with Crippen LogP contribution in [-0.2, 0) is 0 Å². The minimum Gasteiger partial charge on any atom is -0.354 e. The normalized spacial score (nSPS) is 16.8. The first-order chi connectivity index (χ1) is 8.33. The van der Waals surface area contributed by atoms with Crippen molar-refractivity contribution >= 4 is 16.7 Å². The van der Waals surface area contributed by atoms with E-state index in [1.807, 2.05) is 6.07 Å². The number of aromatic nitrogens is 2. The average Bonchev–Trinajstić information content (AvgIpc) is 3.12. The molecule has 1 atom stereocenters. The molecule has 0 radical (unpaired) electrons. The van der Waals surface area contributed by atoms with Gasteiger partial charge in [0.15, 0.2) is 0 Å². The van der Waals surface area contributed by atoms with Gasteiger partial charge in [0.2, 0.25) is 5.13 Å². The standard InChI is InChI=1S/C13H15N3S/c1-9(10-5-3-2-4-6-10)14-13-15-12(16-17-13)11-7-8-11/h2-6,9,11H,7-8H2,1H3,(H,14,15,16). The summed E-state index contributed by atoms with van der Waals surface area (Å²) in [6.45, 7) is 2.15. The first-order valence-corrected chi connectivity index (χ1v) is 6.75. The fourth-order valence-corrected chi connectivity index (χ4v) is 2.54. The Balaban J connectivity index is 1.69. The Morgan fingerprint density at radius 2 is 2.06 bits per heavy atom. The van der Waals surface area contributed by atoms with Crippen molar-refractivity contribution < 1.29 is 0 Å². The summed E-state index contributed by atoms with van der Waals surface area (Å²) in [6, 6.07) is 10.7. The Labute approximate surface area is 105 Å². The molecule has 1 aromatic carbocycles. The van der Waals surface area contributed by atoms with E-state index >= 15 is 0 Å². The third-order valence-corrected chi connectivity index (χ3v) is 3.68. The van der Waals surface area contributed by atoms with Crippen molar-refractivity contribution in [3.8, 4) is 0 Å². The van der Waals surface area contributed by atoms with E-state index in [0.29, 0.717) is 5.92 Å². The largest absolute Gasteiger partial charge is 0.354 e. The van der Waals surface area contributed by atoms with Gasteiger partial charge in [-0.3, -0.25) is 0 Å². The second kappa shape index (κ2) is 4.45. The molecule has 3 nitrogen and oxygen atoms in total. The summed E-state index contributed by atoms with van der Waals surface area (Å²) >= 11 is 1.47. The SMILES string of the molecule is CC(Nc1nc(C2CC2)ns1)c1ccccc1. The Morgan fingerprint density at radius 3 is 2.76 bits per heavy atom. The summed E-state index contributed by atoms with van der Waals surface area (Å²) in [5.74, 6) is 1.66. The molecule has 3 rings (SSSR count). The molecule has 1 unspecified atom stereocenters. The van der Waals surface area contributed by atoms with E-state index < -0.39 is 0 Å². The van der Waals surface area contributed by atoms with Crippen LogP contribution < -0.4 is 5.32 Å². The number of nitrogens with zero attached hydrogens (tertiary/aromatic N) is 2. The van der Waals surface area contributed by atoms with Gasteiger partial charge < -0.3 is 5.32 Å². The molecule has 1 N–H and O–H groups in total.